The van der Waals surface area contributed by atoms with E-state index >= 15 is 0 Å². The first-order chi connectivity index (χ1) is 10.4. The van der Waals surface area contributed by atoms with Gasteiger partial charge in [0.1, 0.15) is 6.29 Å². The van der Waals surface area contributed by atoms with Gasteiger partial charge in [0.05, 0.1) is 6.04 Å². The number of benzene rings is 1. The van der Waals surface area contributed by atoms with Gasteiger partial charge in [-0.1, -0.05) is 38.1 Å². The van der Waals surface area contributed by atoms with Gasteiger partial charge in [-0.2, -0.15) is 17.4 Å². The molecule has 6 nitrogen and oxygen atoms in total. The minimum atomic E-state index is -3.54. The van der Waals surface area contributed by atoms with Crippen molar-refractivity contribution in [3.05, 3.63) is 35.4 Å². The van der Waals surface area contributed by atoms with Gasteiger partial charge in [-0.15, -0.1) is 0 Å². The molecule has 0 bridgehead atoms. The van der Waals surface area contributed by atoms with Crippen LogP contribution in [0, 0.1) is 5.92 Å². The first-order valence-corrected chi connectivity index (χ1v) is 8.86. The van der Waals surface area contributed by atoms with E-state index in [1.807, 2.05) is 24.3 Å². The lowest BCUT2D eigenvalue weighted by atomic mass is 10.1. The second-order valence-electron chi connectivity index (χ2n) is 6.00. The van der Waals surface area contributed by atoms with Crippen LogP contribution in [0.4, 0.5) is 0 Å². The molecule has 0 amide bonds. The van der Waals surface area contributed by atoms with Crippen molar-refractivity contribution in [1.82, 2.24) is 14.3 Å². The molecule has 1 atom stereocenters. The molecule has 122 valence electrons. The van der Waals surface area contributed by atoms with Crippen LogP contribution in [-0.2, 0) is 28.1 Å². The number of rotatable bonds is 7. The van der Waals surface area contributed by atoms with Crippen molar-refractivity contribution in [2.24, 2.45) is 5.92 Å². The smallest absolute Gasteiger partial charge is 0.280 e. The minimum Gasteiger partial charge on any atom is -0.312 e. The van der Waals surface area contributed by atoms with Gasteiger partial charge in [0.25, 0.3) is 10.2 Å². The normalized spacial score (nSPS) is 21.3. The molecule has 1 unspecified atom stereocenters. The summed E-state index contributed by atoms with van der Waals surface area (Å²) in [4.78, 5) is 10.7. The Kier molecular flexibility index (Phi) is 5.69. The van der Waals surface area contributed by atoms with Gasteiger partial charge in [0.2, 0.25) is 0 Å². The zero-order valence-electron chi connectivity index (χ0n) is 13.0. The molecule has 1 aliphatic rings. The highest BCUT2D eigenvalue weighted by Crippen LogP contribution is 2.15. The van der Waals surface area contributed by atoms with Gasteiger partial charge in [0, 0.05) is 19.6 Å². The maximum atomic E-state index is 11.9. The van der Waals surface area contributed by atoms with E-state index in [1.165, 1.54) is 4.31 Å². The molecule has 7 heteroatoms. The summed E-state index contributed by atoms with van der Waals surface area (Å²) in [5, 5.41) is 3.37. The summed E-state index contributed by atoms with van der Waals surface area (Å²) in [5.41, 5.74) is 2.07. The Morgan fingerprint density at radius 3 is 2.50 bits per heavy atom. The summed E-state index contributed by atoms with van der Waals surface area (Å²) in [7, 11) is -3.54. The van der Waals surface area contributed by atoms with Crippen LogP contribution in [0.25, 0.3) is 0 Å². The number of nitrogens with one attached hydrogen (secondary N) is 2. The van der Waals surface area contributed by atoms with Crippen LogP contribution in [-0.4, -0.2) is 38.1 Å². The van der Waals surface area contributed by atoms with Crippen LogP contribution < -0.4 is 10.0 Å². The van der Waals surface area contributed by atoms with Gasteiger partial charge in [-0.05, 0) is 23.6 Å². The van der Waals surface area contributed by atoms with Crippen LogP contribution in [0.2, 0.25) is 0 Å². The van der Waals surface area contributed by atoms with Crippen molar-refractivity contribution in [3.63, 3.8) is 0 Å². The Bertz CT molecular complexity index is 599. The van der Waals surface area contributed by atoms with Gasteiger partial charge >= 0.3 is 0 Å². The van der Waals surface area contributed by atoms with Gasteiger partial charge in [0.15, 0.2) is 0 Å². The number of aldehydes is 1. The Morgan fingerprint density at radius 2 is 1.95 bits per heavy atom. The fraction of sp³-hybridized carbons (Fsp3) is 0.533. The topological polar surface area (TPSA) is 78.5 Å². The summed E-state index contributed by atoms with van der Waals surface area (Å²) in [6.07, 6.45) is 0.626. The molecule has 2 rings (SSSR count). The second-order valence-corrected chi connectivity index (χ2v) is 7.70. The number of hydrogen-bond acceptors (Lipinski definition) is 4. The molecule has 0 saturated carbocycles. The van der Waals surface area contributed by atoms with E-state index in [4.69, 9.17) is 0 Å². The Morgan fingerprint density at radius 1 is 1.32 bits per heavy atom. The number of carbonyl (C=O) groups is 1. The molecule has 0 aliphatic carbocycles. The highest BCUT2D eigenvalue weighted by molar-refractivity contribution is 7.87. The summed E-state index contributed by atoms with van der Waals surface area (Å²) in [5.74, 6) is 0.609. The third-order valence-electron chi connectivity index (χ3n) is 3.47. The third kappa shape index (κ3) is 4.61. The molecule has 2 N–H and O–H groups in total. The molecule has 1 saturated heterocycles. The molecule has 1 fully saturated rings. The van der Waals surface area contributed by atoms with E-state index < -0.39 is 16.3 Å². The number of nitrogens with zero attached hydrogens (tertiary/aromatic N) is 1. The third-order valence-corrected chi connectivity index (χ3v) is 5.03. The molecule has 1 aromatic carbocycles. The molecule has 0 aromatic heterocycles. The van der Waals surface area contributed by atoms with Gasteiger partial charge in [-0.3, -0.25) is 0 Å². The minimum absolute atomic E-state index is 0.184. The summed E-state index contributed by atoms with van der Waals surface area (Å²) < 4.78 is 27.3. The SMILES string of the molecule is CC(C)CNCc1ccc(CN2CC(C=O)NS2(=O)=O)cc1. The molecule has 1 aliphatic heterocycles. The van der Waals surface area contributed by atoms with Gasteiger partial charge < -0.3 is 10.1 Å². The molecular formula is C15H23N3O3S. The fourth-order valence-corrected chi connectivity index (χ4v) is 3.65. The van der Waals surface area contributed by atoms with E-state index in [9.17, 15) is 13.2 Å². The first kappa shape index (κ1) is 17.1. The largest absolute Gasteiger partial charge is 0.312 e. The summed E-state index contributed by atoms with van der Waals surface area (Å²) in [6.45, 7) is 6.55. The fourth-order valence-electron chi connectivity index (χ4n) is 2.31. The molecule has 0 radical (unpaired) electrons. The quantitative estimate of drug-likeness (QED) is 0.722. The van der Waals surface area contributed by atoms with Crippen LogP contribution in [0.1, 0.15) is 25.0 Å². The Hall–Kier alpha value is -1.28. The zero-order valence-corrected chi connectivity index (χ0v) is 13.8. The van der Waals surface area contributed by atoms with E-state index in [2.05, 4.69) is 23.9 Å². The van der Waals surface area contributed by atoms with Crippen LogP contribution >= 0.6 is 0 Å². The van der Waals surface area contributed by atoms with E-state index in [1.54, 1.807) is 0 Å². The van der Waals surface area contributed by atoms with Crippen molar-refractivity contribution in [3.8, 4) is 0 Å². The lowest BCUT2D eigenvalue weighted by Crippen LogP contribution is -2.30. The maximum Gasteiger partial charge on any atom is 0.280 e. The predicted octanol–water partition coefficient (Wildman–Crippen LogP) is 0.650. The second kappa shape index (κ2) is 7.32. The number of carbonyl (C=O) groups excluding carboxylic acids is 1. The van der Waals surface area contributed by atoms with Crippen molar-refractivity contribution in [2.45, 2.75) is 33.0 Å². The van der Waals surface area contributed by atoms with Crippen LogP contribution in [0.5, 0.6) is 0 Å². The van der Waals surface area contributed by atoms with Gasteiger partial charge in [-0.25, -0.2) is 0 Å². The molecule has 1 heterocycles. The molecule has 1 aromatic rings. The van der Waals surface area contributed by atoms with E-state index in [-0.39, 0.29) is 13.1 Å². The van der Waals surface area contributed by atoms with Crippen molar-refractivity contribution >= 4 is 16.5 Å². The Balaban J connectivity index is 1.92. The number of hydrogen-bond donors (Lipinski definition) is 2. The predicted molar refractivity (Wildman–Crippen MR) is 85.3 cm³/mol. The average molecular weight is 325 g/mol. The highest BCUT2D eigenvalue weighted by Gasteiger charge is 2.34. The first-order valence-electron chi connectivity index (χ1n) is 7.42. The van der Waals surface area contributed by atoms with Crippen molar-refractivity contribution in [1.29, 1.82) is 0 Å². The standard InChI is InChI=1S/C15H23N3O3S/c1-12(2)7-16-8-13-3-5-14(6-4-13)9-18-10-15(11-19)17-22(18,20)21/h3-6,11-12,15-17H,7-10H2,1-2H3. The average Bonchev–Trinajstić information content (AvgIpc) is 2.75. The molecular weight excluding hydrogens is 302 g/mol. The highest BCUT2D eigenvalue weighted by atomic mass is 32.2. The van der Waals surface area contributed by atoms with Crippen LogP contribution in [0.15, 0.2) is 24.3 Å². The summed E-state index contributed by atoms with van der Waals surface area (Å²) >= 11 is 0. The molecule has 22 heavy (non-hydrogen) atoms. The lowest BCUT2D eigenvalue weighted by Gasteiger charge is -2.13. The maximum absolute atomic E-state index is 11.9. The van der Waals surface area contributed by atoms with E-state index in [0.29, 0.717) is 12.2 Å². The molecule has 0 spiro atoms. The van der Waals surface area contributed by atoms with Crippen molar-refractivity contribution in [2.75, 3.05) is 13.1 Å². The Labute approximate surface area is 132 Å². The van der Waals surface area contributed by atoms with Crippen LogP contribution in [0.3, 0.4) is 0 Å². The zero-order chi connectivity index (χ0) is 16.2. The van der Waals surface area contributed by atoms with Crippen molar-refractivity contribution < 1.29 is 13.2 Å². The van der Waals surface area contributed by atoms with E-state index in [0.717, 1.165) is 24.2 Å². The monoisotopic (exact) mass is 325 g/mol. The summed E-state index contributed by atoms with van der Waals surface area (Å²) in [6, 6.07) is 7.20. The lowest BCUT2D eigenvalue weighted by molar-refractivity contribution is -0.109.